The molecule has 0 aliphatic rings. The van der Waals surface area contributed by atoms with Crippen LogP contribution in [0.3, 0.4) is 0 Å². The molecule has 0 saturated heterocycles. The summed E-state index contributed by atoms with van der Waals surface area (Å²) in [4.78, 5) is 4.15. The van der Waals surface area contributed by atoms with Crippen LogP contribution in [-0.4, -0.2) is 10.1 Å². The summed E-state index contributed by atoms with van der Waals surface area (Å²) >= 11 is 1.95. The number of hydrogen-bond donors (Lipinski definition) is 0. The Morgan fingerprint density at radius 2 is 2.21 bits per heavy atom. The molecular weight excluding hydrogens is 291 g/mol. The molecule has 2 aromatic heterocycles. The summed E-state index contributed by atoms with van der Waals surface area (Å²) in [5, 5.41) is 3.86. The summed E-state index contributed by atoms with van der Waals surface area (Å²) in [7, 11) is 0. The second-order valence-electron chi connectivity index (χ2n) is 2.51. The Labute approximate surface area is 94.7 Å². The van der Waals surface area contributed by atoms with Crippen molar-refractivity contribution < 1.29 is 4.52 Å². The predicted molar refractivity (Wildman–Crippen MR) is 60.6 cm³/mol. The average Bonchev–Trinajstić information content (AvgIpc) is 2.68. The van der Waals surface area contributed by atoms with Crippen molar-refractivity contribution in [3.63, 3.8) is 0 Å². The number of aromatic nitrogens is 2. The van der Waals surface area contributed by atoms with Crippen molar-refractivity contribution in [2.75, 3.05) is 0 Å². The quantitative estimate of drug-likeness (QED) is 0.599. The van der Waals surface area contributed by atoms with E-state index in [4.69, 9.17) is 4.52 Å². The van der Waals surface area contributed by atoms with Gasteiger partial charge in [0, 0.05) is 34.9 Å². The summed E-state index contributed by atoms with van der Waals surface area (Å²) in [6.07, 6.45) is 1.72. The fraction of sp³-hybridized carbons (Fsp3) is 0. The molecule has 2 rings (SSSR count). The highest BCUT2D eigenvalue weighted by molar-refractivity contribution is 14.1. The molecule has 0 aromatic carbocycles. The third kappa shape index (κ3) is 1.93. The molecular formula is C10H5IN2O. The van der Waals surface area contributed by atoms with E-state index in [9.17, 15) is 0 Å². The van der Waals surface area contributed by atoms with Crippen molar-refractivity contribution in [1.82, 2.24) is 10.1 Å². The molecule has 0 amide bonds. The molecule has 14 heavy (non-hydrogen) atoms. The Morgan fingerprint density at radius 3 is 2.93 bits per heavy atom. The molecule has 0 saturated carbocycles. The van der Waals surface area contributed by atoms with E-state index in [1.807, 2.05) is 40.8 Å². The van der Waals surface area contributed by atoms with E-state index in [0.717, 1.165) is 5.69 Å². The third-order valence-electron chi connectivity index (χ3n) is 1.61. The van der Waals surface area contributed by atoms with Crippen LogP contribution in [-0.2, 0) is 0 Å². The van der Waals surface area contributed by atoms with Crippen molar-refractivity contribution in [1.29, 1.82) is 0 Å². The highest BCUT2D eigenvalue weighted by Crippen LogP contribution is 2.15. The van der Waals surface area contributed by atoms with E-state index in [-0.39, 0.29) is 0 Å². The lowest BCUT2D eigenvalue weighted by Crippen LogP contribution is -1.79. The van der Waals surface area contributed by atoms with E-state index in [2.05, 4.69) is 20.0 Å². The Morgan fingerprint density at radius 1 is 1.29 bits per heavy atom. The van der Waals surface area contributed by atoms with Gasteiger partial charge in [-0.15, -0.1) is 0 Å². The van der Waals surface area contributed by atoms with Gasteiger partial charge in [0.1, 0.15) is 5.69 Å². The molecule has 0 bridgehead atoms. The van der Waals surface area contributed by atoms with Gasteiger partial charge >= 0.3 is 0 Å². The van der Waals surface area contributed by atoms with E-state index in [1.165, 1.54) is 0 Å². The smallest absolute Gasteiger partial charge is 0.211 e. The second kappa shape index (κ2) is 4.24. The first kappa shape index (κ1) is 9.21. The number of halogens is 1. The van der Waals surface area contributed by atoms with Gasteiger partial charge in [0.05, 0.1) is 5.69 Å². The zero-order chi connectivity index (χ0) is 9.80. The molecule has 3 nitrogen and oxygen atoms in total. The molecule has 0 unspecified atom stereocenters. The fourth-order valence-electron chi connectivity index (χ4n) is 1.02. The Kier molecular flexibility index (Phi) is 2.79. The molecule has 2 aromatic rings. The van der Waals surface area contributed by atoms with Crippen molar-refractivity contribution >= 4 is 22.6 Å². The Bertz CT molecular complexity index is 482. The molecule has 4 heteroatoms. The van der Waals surface area contributed by atoms with Crippen LogP contribution in [0.25, 0.3) is 11.4 Å². The largest absolute Gasteiger partial charge is 0.347 e. The summed E-state index contributed by atoms with van der Waals surface area (Å²) in [5.41, 5.74) is 1.50. The van der Waals surface area contributed by atoms with Crippen molar-refractivity contribution in [3.8, 4) is 21.2 Å². The molecule has 0 radical (unpaired) electrons. The van der Waals surface area contributed by atoms with E-state index >= 15 is 0 Å². The topological polar surface area (TPSA) is 38.9 Å². The summed E-state index contributed by atoms with van der Waals surface area (Å²) < 4.78 is 7.71. The van der Waals surface area contributed by atoms with Crippen molar-refractivity contribution in [2.45, 2.75) is 0 Å². The lowest BCUT2D eigenvalue weighted by molar-refractivity contribution is 0.413. The number of rotatable bonds is 1. The minimum atomic E-state index is 0.556. The maximum atomic E-state index is 4.99. The normalized spacial score (nSPS) is 9.21. The highest BCUT2D eigenvalue weighted by atomic mass is 127. The molecule has 0 fully saturated rings. The Balaban J connectivity index is 2.37. The maximum absolute atomic E-state index is 4.99. The minimum Gasteiger partial charge on any atom is -0.347 e. The van der Waals surface area contributed by atoms with Crippen LogP contribution in [0.5, 0.6) is 0 Å². The molecule has 68 valence electrons. The second-order valence-corrected chi connectivity index (χ2v) is 3.05. The van der Waals surface area contributed by atoms with Gasteiger partial charge in [-0.2, -0.15) is 0 Å². The number of pyridine rings is 1. The lowest BCUT2D eigenvalue weighted by atomic mass is 10.2. The van der Waals surface area contributed by atoms with Gasteiger partial charge in [-0.25, -0.2) is 0 Å². The van der Waals surface area contributed by atoms with Gasteiger partial charge in [-0.3, -0.25) is 4.98 Å². The van der Waals surface area contributed by atoms with Gasteiger partial charge in [-0.1, -0.05) is 11.2 Å². The van der Waals surface area contributed by atoms with Crippen LogP contribution in [0.1, 0.15) is 5.76 Å². The van der Waals surface area contributed by atoms with Gasteiger partial charge in [0.15, 0.2) is 0 Å². The standard InChI is InChI=1S/C10H5IN2O/c11-5-4-8-7-10(13-14-8)9-3-1-2-6-12-9/h1-3,6-7H. The van der Waals surface area contributed by atoms with Crippen LogP contribution in [0.2, 0.25) is 0 Å². The zero-order valence-corrected chi connectivity index (χ0v) is 9.22. The predicted octanol–water partition coefficient (Wildman–Crippen LogP) is 2.48. The van der Waals surface area contributed by atoms with Crippen LogP contribution >= 0.6 is 22.6 Å². The first-order chi connectivity index (χ1) is 6.90. The molecule has 0 aliphatic heterocycles. The summed E-state index contributed by atoms with van der Waals surface area (Å²) in [5.74, 6) is 3.33. The zero-order valence-electron chi connectivity index (χ0n) is 7.07. The van der Waals surface area contributed by atoms with Crippen LogP contribution in [0.15, 0.2) is 35.0 Å². The SMILES string of the molecule is IC#Cc1cc(-c2ccccn2)no1. The maximum Gasteiger partial charge on any atom is 0.211 e. The fourth-order valence-corrected chi connectivity index (χ4v) is 1.28. The van der Waals surface area contributed by atoms with Gasteiger partial charge in [0.2, 0.25) is 5.76 Å². The molecule has 2 heterocycles. The first-order valence-corrected chi connectivity index (χ1v) is 4.98. The van der Waals surface area contributed by atoms with E-state index in [1.54, 1.807) is 12.3 Å². The third-order valence-corrected chi connectivity index (χ3v) is 1.88. The van der Waals surface area contributed by atoms with E-state index in [0.29, 0.717) is 11.5 Å². The van der Waals surface area contributed by atoms with Crippen LogP contribution < -0.4 is 0 Å². The van der Waals surface area contributed by atoms with Crippen molar-refractivity contribution in [3.05, 3.63) is 36.2 Å². The molecule has 0 spiro atoms. The van der Waals surface area contributed by atoms with Gasteiger partial charge < -0.3 is 4.52 Å². The molecule has 0 atom stereocenters. The summed E-state index contributed by atoms with van der Waals surface area (Å²) in [6, 6.07) is 7.41. The van der Waals surface area contributed by atoms with Gasteiger partial charge in [0.25, 0.3) is 0 Å². The van der Waals surface area contributed by atoms with Crippen LogP contribution in [0.4, 0.5) is 0 Å². The number of hydrogen-bond acceptors (Lipinski definition) is 3. The lowest BCUT2D eigenvalue weighted by Gasteiger charge is -1.89. The molecule has 0 aliphatic carbocycles. The first-order valence-electron chi connectivity index (χ1n) is 3.90. The van der Waals surface area contributed by atoms with Crippen LogP contribution in [0, 0.1) is 9.85 Å². The highest BCUT2D eigenvalue weighted by Gasteiger charge is 2.04. The summed E-state index contributed by atoms with van der Waals surface area (Å²) in [6.45, 7) is 0. The Hall–Kier alpha value is -1.35. The molecule has 0 N–H and O–H groups in total. The average molecular weight is 296 g/mol. The van der Waals surface area contributed by atoms with Gasteiger partial charge in [-0.05, 0) is 22.0 Å². The van der Waals surface area contributed by atoms with Crippen molar-refractivity contribution in [2.24, 2.45) is 0 Å². The minimum absolute atomic E-state index is 0.556. The van der Waals surface area contributed by atoms with E-state index < -0.39 is 0 Å². The number of nitrogens with zero attached hydrogens (tertiary/aromatic N) is 2. The monoisotopic (exact) mass is 296 g/mol.